The van der Waals surface area contributed by atoms with E-state index in [2.05, 4.69) is 9.98 Å². The lowest BCUT2D eigenvalue weighted by Crippen LogP contribution is -2.51. The van der Waals surface area contributed by atoms with Gasteiger partial charge in [0, 0.05) is 12.2 Å². The predicted octanol–water partition coefficient (Wildman–Crippen LogP) is 0.509. The van der Waals surface area contributed by atoms with Crippen LogP contribution in [0, 0.1) is 0 Å². The summed E-state index contributed by atoms with van der Waals surface area (Å²) in [6.45, 7) is 4.15. The number of carboxylic acids is 1. The molecule has 1 aliphatic heterocycles. The molecule has 0 aromatic carbocycles. The average Bonchev–Trinajstić information content (AvgIpc) is 2.84. The second-order valence-corrected chi connectivity index (χ2v) is 3.86. The van der Waals surface area contributed by atoms with Gasteiger partial charge in [-0.2, -0.15) is 0 Å². The number of carboxylic acid groups (broad SMARTS) is 1. The summed E-state index contributed by atoms with van der Waals surface area (Å²) in [6.07, 6.45) is 2.81. The second-order valence-electron chi connectivity index (χ2n) is 3.86. The molecule has 0 radical (unpaired) electrons. The number of aliphatic carboxylic acids is 1. The Morgan fingerprint density at radius 1 is 1.67 bits per heavy atom. The van der Waals surface area contributed by atoms with E-state index >= 15 is 0 Å². The van der Waals surface area contributed by atoms with Crippen molar-refractivity contribution in [3.63, 3.8) is 0 Å². The average molecular weight is 250 g/mol. The quantitative estimate of drug-likeness (QED) is 0.809. The topological polar surface area (TPSA) is 105 Å². The van der Waals surface area contributed by atoms with Gasteiger partial charge in [0.05, 0.1) is 6.20 Å². The molecule has 1 aliphatic rings. The van der Waals surface area contributed by atoms with Crippen LogP contribution in [0.15, 0.2) is 27.7 Å². The van der Waals surface area contributed by atoms with Crippen molar-refractivity contribution < 1.29 is 14.3 Å². The van der Waals surface area contributed by atoms with E-state index in [1.807, 2.05) is 6.92 Å². The van der Waals surface area contributed by atoms with Gasteiger partial charge in [-0.3, -0.25) is 0 Å². The summed E-state index contributed by atoms with van der Waals surface area (Å²) in [5.74, 6) is -0.506. The highest BCUT2D eigenvalue weighted by Crippen LogP contribution is 2.27. The molecule has 96 valence electrons. The maximum Gasteiger partial charge on any atom is 0.334 e. The Bertz CT molecular complexity index is 518. The van der Waals surface area contributed by atoms with Crippen molar-refractivity contribution in [2.75, 3.05) is 6.54 Å². The summed E-state index contributed by atoms with van der Waals surface area (Å²) in [5, 5.41) is 9.18. The predicted molar refractivity (Wildman–Crippen MR) is 64.5 cm³/mol. The van der Waals surface area contributed by atoms with Crippen molar-refractivity contribution in [2.45, 2.75) is 19.9 Å². The molecule has 7 heteroatoms. The number of aromatic nitrogens is 1. The fourth-order valence-electron chi connectivity index (χ4n) is 2.01. The second kappa shape index (κ2) is 4.52. The van der Waals surface area contributed by atoms with Crippen molar-refractivity contribution in [1.82, 2.24) is 9.88 Å². The molecule has 1 unspecified atom stereocenters. The van der Waals surface area contributed by atoms with E-state index < -0.39 is 12.0 Å². The van der Waals surface area contributed by atoms with Gasteiger partial charge in [-0.1, -0.05) is 0 Å². The zero-order chi connectivity index (χ0) is 13.3. The molecule has 3 N–H and O–H groups in total. The number of aliphatic imine (C=N–C) groups is 1. The third-order valence-electron chi connectivity index (χ3n) is 2.85. The van der Waals surface area contributed by atoms with E-state index in [1.165, 1.54) is 12.6 Å². The smallest absolute Gasteiger partial charge is 0.334 e. The molecule has 1 atom stereocenters. The number of hydrogen-bond donors (Lipinski definition) is 2. The van der Waals surface area contributed by atoms with Crippen LogP contribution < -0.4 is 5.73 Å². The molecule has 0 fully saturated rings. The molecule has 1 aromatic heterocycles. The highest BCUT2D eigenvalue weighted by Gasteiger charge is 2.34. The Hall–Kier alpha value is -2.31. The highest BCUT2D eigenvalue weighted by atomic mass is 16.4. The maximum atomic E-state index is 11.2. The molecule has 2 heterocycles. The zero-order valence-corrected chi connectivity index (χ0v) is 10.1. The highest BCUT2D eigenvalue weighted by molar-refractivity contribution is 6.06. The number of hydrogen-bond acceptors (Lipinski definition) is 6. The van der Waals surface area contributed by atoms with Crippen LogP contribution >= 0.6 is 0 Å². The van der Waals surface area contributed by atoms with Crippen LogP contribution in [0.25, 0.3) is 5.70 Å². The van der Waals surface area contributed by atoms with Gasteiger partial charge in [0.15, 0.2) is 18.2 Å². The number of nitrogens with two attached hydrogens (primary N) is 1. The first-order valence-corrected chi connectivity index (χ1v) is 5.49. The summed E-state index contributed by atoms with van der Waals surface area (Å²) in [6, 6.07) is -0.929. The SMILES string of the molecule is CCN1C(C)=C(c2cnco2)N=C(N)C1C(=O)O. The van der Waals surface area contributed by atoms with Crippen LogP contribution in [0.3, 0.4) is 0 Å². The fraction of sp³-hybridized carbons (Fsp3) is 0.364. The summed E-state index contributed by atoms with van der Waals surface area (Å²) >= 11 is 0. The molecule has 1 aromatic rings. The minimum Gasteiger partial charge on any atom is -0.479 e. The van der Waals surface area contributed by atoms with Crippen molar-refractivity contribution >= 4 is 17.5 Å². The molecule has 0 aliphatic carbocycles. The van der Waals surface area contributed by atoms with Crippen LogP contribution in [-0.2, 0) is 4.79 Å². The molecule has 18 heavy (non-hydrogen) atoms. The van der Waals surface area contributed by atoms with E-state index in [1.54, 1.807) is 11.8 Å². The fourth-order valence-corrected chi connectivity index (χ4v) is 2.01. The van der Waals surface area contributed by atoms with Crippen LogP contribution in [0.1, 0.15) is 19.6 Å². The monoisotopic (exact) mass is 250 g/mol. The molecule has 2 rings (SSSR count). The molecular weight excluding hydrogens is 236 g/mol. The van der Waals surface area contributed by atoms with Gasteiger partial charge in [0.1, 0.15) is 11.5 Å². The van der Waals surface area contributed by atoms with Gasteiger partial charge in [-0.25, -0.2) is 14.8 Å². The van der Waals surface area contributed by atoms with Crippen LogP contribution in [0.5, 0.6) is 0 Å². The molecule has 0 saturated heterocycles. The minimum atomic E-state index is -1.02. The molecule has 0 bridgehead atoms. The minimum absolute atomic E-state index is 0.0429. The summed E-state index contributed by atoms with van der Waals surface area (Å²) < 4.78 is 5.17. The normalized spacial score (nSPS) is 20.0. The van der Waals surface area contributed by atoms with Gasteiger partial charge in [0.2, 0.25) is 0 Å². The van der Waals surface area contributed by atoms with Gasteiger partial charge >= 0.3 is 5.97 Å². The Morgan fingerprint density at radius 3 is 2.89 bits per heavy atom. The Balaban J connectivity index is 2.50. The van der Waals surface area contributed by atoms with Crippen molar-refractivity contribution in [2.24, 2.45) is 10.7 Å². The number of amidine groups is 1. The first-order valence-electron chi connectivity index (χ1n) is 5.49. The van der Waals surface area contributed by atoms with Crippen LogP contribution in [0.4, 0.5) is 0 Å². The van der Waals surface area contributed by atoms with E-state index in [9.17, 15) is 9.90 Å². The van der Waals surface area contributed by atoms with Crippen molar-refractivity contribution in [3.8, 4) is 0 Å². The zero-order valence-electron chi connectivity index (χ0n) is 10.1. The molecular formula is C11H14N4O3. The van der Waals surface area contributed by atoms with Crippen LogP contribution in [0.2, 0.25) is 0 Å². The molecule has 0 spiro atoms. The summed E-state index contributed by atoms with van der Waals surface area (Å²) in [7, 11) is 0. The maximum absolute atomic E-state index is 11.2. The standard InChI is InChI=1S/C11H14N4O3/c1-3-15-6(2)8(7-4-13-5-18-7)14-10(12)9(15)11(16)17/h4-5,9H,3H2,1-2H3,(H2,12,14)(H,16,17). The Labute approximate surface area is 104 Å². The lowest BCUT2D eigenvalue weighted by Gasteiger charge is -2.33. The first kappa shape index (κ1) is 12.2. The third-order valence-corrected chi connectivity index (χ3v) is 2.85. The molecule has 0 saturated carbocycles. The number of rotatable bonds is 3. The van der Waals surface area contributed by atoms with E-state index in [0.717, 1.165) is 0 Å². The van der Waals surface area contributed by atoms with Gasteiger partial charge in [-0.05, 0) is 13.8 Å². The number of likely N-dealkylation sites (N-methyl/N-ethyl adjacent to an activating group) is 1. The van der Waals surface area contributed by atoms with Crippen molar-refractivity contribution in [1.29, 1.82) is 0 Å². The summed E-state index contributed by atoms with van der Waals surface area (Å²) in [5.41, 5.74) is 6.96. The van der Waals surface area contributed by atoms with Gasteiger partial charge in [0.25, 0.3) is 0 Å². The first-order chi connectivity index (χ1) is 8.56. The third kappa shape index (κ3) is 1.83. The largest absolute Gasteiger partial charge is 0.479 e. The number of nitrogens with zero attached hydrogens (tertiary/aromatic N) is 3. The molecule has 0 amide bonds. The van der Waals surface area contributed by atoms with Gasteiger partial charge in [-0.15, -0.1) is 0 Å². The lowest BCUT2D eigenvalue weighted by molar-refractivity contribution is -0.140. The van der Waals surface area contributed by atoms with E-state index in [4.69, 9.17) is 10.2 Å². The van der Waals surface area contributed by atoms with Gasteiger partial charge < -0.3 is 20.2 Å². The number of oxazole rings is 1. The number of allylic oxidation sites excluding steroid dienone is 1. The van der Waals surface area contributed by atoms with Crippen LogP contribution in [-0.4, -0.2) is 39.4 Å². The Kier molecular flexibility index (Phi) is 3.05. The number of carbonyl (C=O) groups is 1. The summed E-state index contributed by atoms with van der Waals surface area (Å²) in [4.78, 5) is 20.8. The van der Waals surface area contributed by atoms with E-state index in [0.29, 0.717) is 23.7 Å². The lowest BCUT2D eigenvalue weighted by atomic mass is 10.1. The van der Waals surface area contributed by atoms with E-state index in [-0.39, 0.29) is 5.84 Å². The molecule has 7 nitrogen and oxygen atoms in total. The van der Waals surface area contributed by atoms with Crippen molar-refractivity contribution in [3.05, 3.63) is 24.0 Å². The Morgan fingerprint density at radius 2 is 2.39 bits per heavy atom.